The van der Waals surface area contributed by atoms with E-state index in [2.05, 4.69) is 15.9 Å². The van der Waals surface area contributed by atoms with Gasteiger partial charge in [0.2, 0.25) is 0 Å². The molecule has 0 aromatic heterocycles. The van der Waals surface area contributed by atoms with Gasteiger partial charge in [0.1, 0.15) is 12.4 Å². The minimum absolute atomic E-state index is 0.150. The molecule has 0 aliphatic carbocycles. The second kappa shape index (κ2) is 9.84. The zero-order valence-corrected chi connectivity index (χ0v) is 18.4. The number of carbonyl (C=O) groups is 2. The number of hydrogen-bond donors (Lipinski definition) is 0. The highest BCUT2D eigenvalue weighted by Crippen LogP contribution is 2.35. The van der Waals surface area contributed by atoms with Crippen LogP contribution in [-0.4, -0.2) is 42.9 Å². The first-order valence-corrected chi connectivity index (χ1v) is 10.6. The fourth-order valence-electron chi connectivity index (χ4n) is 2.74. The maximum atomic E-state index is 12.7. The van der Waals surface area contributed by atoms with E-state index in [1.54, 1.807) is 25.3 Å². The van der Waals surface area contributed by atoms with Crippen molar-refractivity contribution in [2.45, 2.75) is 6.92 Å². The Morgan fingerprint density at radius 3 is 2.55 bits per heavy atom. The van der Waals surface area contributed by atoms with E-state index in [4.69, 9.17) is 14.2 Å². The van der Waals surface area contributed by atoms with Crippen molar-refractivity contribution in [1.29, 1.82) is 0 Å². The van der Waals surface area contributed by atoms with Crippen molar-refractivity contribution < 1.29 is 23.8 Å². The van der Waals surface area contributed by atoms with Crippen LogP contribution in [0.3, 0.4) is 0 Å². The third kappa shape index (κ3) is 5.13. The molecule has 0 saturated carbocycles. The number of thioether (sulfide) groups is 1. The average molecular weight is 478 g/mol. The Hall–Kier alpha value is -2.45. The van der Waals surface area contributed by atoms with Crippen molar-refractivity contribution in [3.63, 3.8) is 0 Å². The zero-order valence-electron chi connectivity index (χ0n) is 16.0. The molecule has 29 heavy (non-hydrogen) atoms. The van der Waals surface area contributed by atoms with Crippen LogP contribution < -0.4 is 14.2 Å². The zero-order chi connectivity index (χ0) is 20.8. The van der Waals surface area contributed by atoms with Gasteiger partial charge < -0.3 is 14.2 Å². The van der Waals surface area contributed by atoms with Gasteiger partial charge in [-0.3, -0.25) is 14.5 Å². The van der Waals surface area contributed by atoms with Crippen LogP contribution in [0.5, 0.6) is 17.2 Å². The summed E-state index contributed by atoms with van der Waals surface area (Å²) in [5, 5.41) is -0.321. The normalized spacial score (nSPS) is 15.1. The van der Waals surface area contributed by atoms with E-state index in [-0.39, 0.29) is 24.3 Å². The van der Waals surface area contributed by atoms with E-state index < -0.39 is 0 Å². The Morgan fingerprint density at radius 2 is 1.83 bits per heavy atom. The molecule has 0 atom stereocenters. The molecule has 2 aromatic rings. The third-order valence-corrected chi connectivity index (χ3v) is 5.47. The Kier molecular flexibility index (Phi) is 7.22. The number of benzene rings is 2. The molecule has 3 rings (SSSR count). The number of amides is 2. The molecule has 1 heterocycles. The SMILES string of the molecule is CCOc1ccc(Br)cc1/C=C1\SC(=O)N(CCOc2ccccc2OC)C1=O. The molecule has 0 unspecified atom stereocenters. The van der Waals surface area contributed by atoms with Gasteiger partial charge in [0.15, 0.2) is 11.5 Å². The second-order valence-electron chi connectivity index (χ2n) is 5.95. The largest absolute Gasteiger partial charge is 0.493 e. The van der Waals surface area contributed by atoms with Crippen molar-refractivity contribution in [2.24, 2.45) is 0 Å². The first-order valence-electron chi connectivity index (χ1n) is 8.97. The quantitative estimate of drug-likeness (QED) is 0.500. The van der Waals surface area contributed by atoms with Gasteiger partial charge in [-0.15, -0.1) is 0 Å². The maximum absolute atomic E-state index is 12.7. The van der Waals surface area contributed by atoms with Crippen molar-refractivity contribution in [1.82, 2.24) is 4.90 Å². The molecule has 1 aliphatic heterocycles. The summed E-state index contributed by atoms with van der Waals surface area (Å²) in [5.74, 6) is 1.47. The lowest BCUT2D eigenvalue weighted by Crippen LogP contribution is -2.32. The Bertz CT molecular complexity index is 946. The fraction of sp³-hybridized carbons (Fsp3) is 0.238. The average Bonchev–Trinajstić information content (AvgIpc) is 2.98. The monoisotopic (exact) mass is 477 g/mol. The summed E-state index contributed by atoms with van der Waals surface area (Å²) in [6.07, 6.45) is 1.68. The number of methoxy groups -OCH3 is 1. The summed E-state index contributed by atoms with van der Waals surface area (Å²) < 4.78 is 17.4. The molecule has 8 heteroatoms. The lowest BCUT2D eigenvalue weighted by Gasteiger charge is -2.14. The van der Waals surface area contributed by atoms with E-state index in [9.17, 15) is 9.59 Å². The summed E-state index contributed by atoms with van der Waals surface area (Å²) in [6.45, 7) is 2.72. The summed E-state index contributed by atoms with van der Waals surface area (Å²) in [6, 6.07) is 12.8. The number of hydrogen-bond acceptors (Lipinski definition) is 6. The van der Waals surface area contributed by atoms with E-state index in [1.165, 1.54) is 4.90 Å². The molecule has 2 aromatic carbocycles. The first kappa shape index (κ1) is 21.3. The molecule has 1 aliphatic rings. The van der Waals surface area contributed by atoms with E-state index in [0.29, 0.717) is 28.8 Å². The molecular formula is C21H20BrNO5S. The smallest absolute Gasteiger partial charge is 0.293 e. The van der Waals surface area contributed by atoms with Crippen LogP contribution in [0.2, 0.25) is 0 Å². The van der Waals surface area contributed by atoms with Crippen molar-refractivity contribution >= 4 is 44.9 Å². The topological polar surface area (TPSA) is 65.1 Å². The van der Waals surface area contributed by atoms with Crippen molar-refractivity contribution in [2.75, 3.05) is 26.9 Å². The molecule has 0 bridgehead atoms. The first-order chi connectivity index (χ1) is 14.0. The molecule has 6 nitrogen and oxygen atoms in total. The molecule has 1 saturated heterocycles. The maximum Gasteiger partial charge on any atom is 0.293 e. The lowest BCUT2D eigenvalue weighted by atomic mass is 10.2. The molecular weight excluding hydrogens is 458 g/mol. The highest BCUT2D eigenvalue weighted by Gasteiger charge is 2.35. The van der Waals surface area contributed by atoms with Gasteiger partial charge in [-0.1, -0.05) is 28.1 Å². The van der Waals surface area contributed by atoms with E-state index in [1.807, 2.05) is 37.3 Å². The van der Waals surface area contributed by atoms with Crippen LogP contribution in [0, 0.1) is 0 Å². The number of halogens is 1. The number of carbonyl (C=O) groups excluding carboxylic acids is 2. The highest BCUT2D eigenvalue weighted by molar-refractivity contribution is 9.10. The van der Waals surface area contributed by atoms with Gasteiger partial charge in [0.05, 0.1) is 25.2 Å². The summed E-state index contributed by atoms with van der Waals surface area (Å²) in [7, 11) is 1.56. The van der Waals surface area contributed by atoms with Crippen LogP contribution >= 0.6 is 27.7 Å². The van der Waals surface area contributed by atoms with Gasteiger partial charge in [-0.25, -0.2) is 0 Å². The summed E-state index contributed by atoms with van der Waals surface area (Å²) in [4.78, 5) is 26.6. The van der Waals surface area contributed by atoms with E-state index in [0.717, 1.165) is 21.8 Å². The van der Waals surface area contributed by atoms with Crippen LogP contribution in [0.25, 0.3) is 6.08 Å². The second-order valence-corrected chi connectivity index (χ2v) is 7.86. The van der Waals surface area contributed by atoms with E-state index >= 15 is 0 Å². The summed E-state index contributed by atoms with van der Waals surface area (Å²) >= 11 is 4.33. The van der Waals surface area contributed by atoms with Gasteiger partial charge in [0, 0.05) is 10.0 Å². The van der Waals surface area contributed by atoms with Gasteiger partial charge in [-0.2, -0.15) is 0 Å². The number of para-hydroxylation sites is 2. The Labute approximate surface area is 181 Å². The molecule has 152 valence electrons. The van der Waals surface area contributed by atoms with Crippen LogP contribution in [0.15, 0.2) is 51.8 Å². The van der Waals surface area contributed by atoms with Crippen LogP contribution in [-0.2, 0) is 4.79 Å². The predicted octanol–water partition coefficient (Wildman–Crippen LogP) is 4.97. The summed E-state index contributed by atoms with van der Waals surface area (Å²) in [5.41, 5.74) is 0.733. The van der Waals surface area contributed by atoms with Gasteiger partial charge in [0.25, 0.3) is 11.1 Å². The minimum Gasteiger partial charge on any atom is -0.493 e. The molecule has 0 radical (unpaired) electrons. The lowest BCUT2D eigenvalue weighted by molar-refractivity contribution is -0.123. The van der Waals surface area contributed by atoms with Crippen molar-refractivity contribution in [3.05, 3.63) is 57.4 Å². The standard InChI is InChI=1S/C21H20BrNO5S/c1-3-27-16-9-8-15(22)12-14(16)13-19-20(24)23(21(25)29-19)10-11-28-18-7-5-4-6-17(18)26-2/h4-9,12-13H,3,10-11H2,1-2H3/b19-13-. The fourth-order valence-corrected chi connectivity index (χ4v) is 3.97. The molecule has 0 spiro atoms. The number of rotatable bonds is 8. The highest BCUT2D eigenvalue weighted by atomic mass is 79.9. The Balaban J connectivity index is 1.70. The number of nitrogens with zero attached hydrogens (tertiary/aromatic N) is 1. The van der Waals surface area contributed by atoms with Gasteiger partial charge in [-0.05, 0) is 55.1 Å². The number of imide groups is 1. The molecule has 2 amide bonds. The molecule has 1 fully saturated rings. The van der Waals surface area contributed by atoms with Crippen molar-refractivity contribution in [3.8, 4) is 17.2 Å². The number of ether oxygens (including phenoxy) is 3. The van der Waals surface area contributed by atoms with Crippen LogP contribution in [0.1, 0.15) is 12.5 Å². The van der Waals surface area contributed by atoms with Crippen LogP contribution in [0.4, 0.5) is 4.79 Å². The molecule has 0 N–H and O–H groups in total. The minimum atomic E-state index is -0.342. The predicted molar refractivity (Wildman–Crippen MR) is 116 cm³/mol. The Morgan fingerprint density at radius 1 is 1.07 bits per heavy atom. The third-order valence-electron chi connectivity index (χ3n) is 4.07. The van der Waals surface area contributed by atoms with Gasteiger partial charge >= 0.3 is 0 Å².